The summed E-state index contributed by atoms with van der Waals surface area (Å²) in [5.41, 5.74) is 0.371. The summed E-state index contributed by atoms with van der Waals surface area (Å²) >= 11 is 0. The van der Waals surface area contributed by atoms with E-state index in [1.165, 1.54) is 6.42 Å². The summed E-state index contributed by atoms with van der Waals surface area (Å²) < 4.78 is 5.78. The molecule has 3 nitrogen and oxygen atoms in total. The van der Waals surface area contributed by atoms with Crippen molar-refractivity contribution in [3.63, 3.8) is 0 Å². The third-order valence-electron chi connectivity index (χ3n) is 4.73. The van der Waals surface area contributed by atoms with Crippen molar-refractivity contribution in [2.45, 2.75) is 52.1 Å². The van der Waals surface area contributed by atoms with Crippen molar-refractivity contribution in [1.82, 2.24) is 0 Å². The normalized spacial score (nSPS) is 38.7. The largest absolute Gasteiger partial charge is 0.481 e. The van der Waals surface area contributed by atoms with Crippen LogP contribution >= 0.6 is 0 Å². The first-order valence-electron chi connectivity index (χ1n) is 7.01. The van der Waals surface area contributed by atoms with Gasteiger partial charge in [-0.3, -0.25) is 4.79 Å². The SMILES string of the molecule is CC1C2CC(C)(CO2)C1C/C=C/CCCC(=O)O. The van der Waals surface area contributed by atoms with E-state index in [2.05, 4.69) is 26.0 Å². The van der Waals surface area contributed by atoms with Gasteiger partial charge in [-0.2, -0.15) is 0 Å². The zero-order valence-electron chi connectivity index (χ0n) is 11.4. The number of carboxylic acids is 1. The van der Waals surface area contributed by atoms with Crippen LogP contribution in [0.15, 0.2) is 12.2 Å². The van der Waals surface area contributed by atoms with E-state index in [0.29, 0.717) is 17.4 Å². The highest BCUT2D eigenvalue weighted by Crippen LogP contribution is 2.54. The molecule has 1 aliphatic heterocycles. The molecule has 2 aliphatic rings. The number of carboxylic acid groups (broad SMARTS) is 1. The second-order valence-electron chi connectivity index (χ2n) is 6.17. The number of ether oxygens (including phenoxy) is 1. The van der Waals surface area contributed by atoms with E-state index >= 15 is 0 Å². The molecule has 1 N–H and O–H groups in total. The molecular weight excluding hydrogens is 228 g/mol. The van der Waals surface area contributed by atoms with Gasteiger partial charge in [-0.25, -0.2) is 0 Å². The van der Waals surface area contributed by atoms with Crippen molar-refractivity contribution in [2.75, 3.05) is 6.61 Å². The fraction of sp³-hybridized carbons (Fsp3) is 0.800. The summed E-state index contributed by atoms with van der Waals surface area (Å²) in [6.07, 6.45) is 9.09. The van der Waals surface area contributed by atoms with Gasteiger partial charge in [0.05, 0.1) is 12.7 Å². The number of fused-ring (bicyclic) bond motifs is 2. The van der Waals surface area contributed by atoms with E-state index in [1.54, 1.807) is 0 Å². The standard InChI is InChI=1S/C15H24O3/c1-11-12(15(2)9-13(11)18-10-15)7-5-3-4-6-8-14(16)17/h3,5,11-13H,4,6-10H2,1-2H3,(H,16,17)/b5-3+. The van der Waals surface area contributed by atoms with Crippen molar-refractivity contribution in [3.05, 3.63) is 12.2 Å². The topological polar surface area (TPSA) is 46.5 Å². The zero-order chi connectivity index (χ0) is 13.2. The summed E-state index contributed by atoms with van der Waals surface area (Å²) in [6.45, 7) is 5.57. The maximum atomic E-state index is 10.4. The van der Waals surface area contributed by atoms with Gasteiger partial charge in [0.1, 0.15) is 0 Å². The molecule has 1 saturated heterocycles. The number of rotatable bonds is 6. The van der Waals surface area contributed by atoms with Gasteiger partial charge in [0, 0.05) is 6.42 Å². The average Bonchev–Trinajstić information content (AvgIpc) is 2.79. The van der Waals surface area contributed by atoms with Gasteiger partial charge < -0.3 is 9.84 Å². The monoisotopic (exact) mass is 252 g/mol. The minimum Gasteiger partial charge on any atom is -0.481 e. The lowest BCUT2D eigenvalue weighted by Crippen LogP contribution is -2.32. The number of unbranched alkanes of at least 4 members (excludes halogenated alkanes) is 1. The number of hydrogen-bond donors (Lipinski definition) is 1. The fourth-order valence-electron chi connectivity index (χ4n) is 3.60. The van der Waals surface area contributed by atoms with E-state index in [4.69, 9.17) is 9.84 Å². The predicted molar refractivity (Wildman–Crippen MR) is 70.4 cm³/mol. The lowest BCUT2D eigenvalue weighted by Gasteiger charge is -2.34. The molecule has 0 spiro atoms. The molecule has 1 heterocycles. The lowest BCUT2D eigenvalue weighted by molar-refractivity contribution is -0.137. The summed E-state index contributed by atoms with van der Waals surface area (Å²) in [4.78, 5) is 10.4. The molecule has 1 saturated carbocycles. The molecule has 4 atom stereocenters. The molecule has 18 heavy (non-hydrogen) atoms. The summed E-state index contributed by atoms with van der Waals surface area (Å²) in [5.74, 6) is 0.689. The molecule has 3 heteroatoms. The molecule has 2 bridgehead atoms. The molecule has 0 radical (unpaired) electrons. The van der Waals surface area contributed by atoms with Crippen LogP contribution in [0.4, 0.5) is 0 Å². The van der Waals surface area contributed by atoms with Gasteiger partial charge in [0.2, 0.25) is 0 Å². The van der Waals surface area contributed by atoms with Crippen LogP contribution in [0.1, 0.15) is 46.0 Å². The Morgan fingerprint density at radius 3 is 2.89 bits per heavy atom. The van der Waals surface area contributed by atoms with Crippen molar-refractivity contribution < 1.29 is 14.6 Å². The van der Waals surface area contributed by atoms with E-state index in [0.717, 1.165) is 31.8 Å². The van der Waals surface area contributed by atoms with Crippen molar-refractivity contribution in [1.29, 1.82) is 0 Å². The molecule has 0 aromatic heterocycles. The number of aliphatic carboxylic acids is 1. The van der Waals surface area contributed by atoms with Crippen LogP contribution in [0.3, 0.4) is 0 Å². The van der Waals surface area contributed by atoms with Gasteiger partial charge in [0.25, 0.3) is 0 Å². The molecule has 0 aromatic carbocycles. The average molecular weight is 252 g/mol. The number of hydrogen-bond acceptors (Lipinski definition) is 2. The Morgan fingerprint density at radius 1 is 1.50 bits per heavy atom. The highest BCUT2D eigenvalue weighted by atomic mass is 16.5. The molecule has 2 fully saturated rings. The first-order chi connectivity index (χ1) is 8.53. The smallest absolute Gasteiger partial charge is 0.303 e. The van der Waals surface area contributed by atoms with Crippen LogP contribution in [0.5, 0.6) is 0 Å². The summed E-state index contributed by atoms with van der Waals surface area (Å²) in [5, 5.41) is 8.54. The molecular formula is C15H24O3. The fourth-order valence-corrected chi connectivity index (χ4v) is 3.60. The summed E-state index contributed by atoms with van der Waals surface area (Å²) in [6, 6.07) is 0. The van der Waals surface area contributed by atoms with Crippen molar-refractivity contribution in [3.8, 4) is 0 Å². The van der Waals surface area contributed by atoms with E-state index in [9.17, 15) is 4.79 Å². The van der Waals surface area contributed by atoms with Crippen LogP contribution in [-0.4, -0.2) is 23.8 Å². The number of carbonyl (C=O) groups is 1. The second-order valence-corrected chi connectivity index (χ2v) is 6.17. The van der Waals surface area contributed by atoms with Crippen molar-refractivity contribution >= 4 is 5.97 Å². The second kappa shape index (κ2) is 5.43. The first-order valence-corrected chi connectivity index (χ1v) is 7.01. The van der Waals surface area contributed by atoms with Gasteiger partial charge in [-0.15, -0.1) is 0 Å². The van der Waals surface area contributed by atoms with E-state index < -0.39 is 5.97 Å². The Hall–Kier alpha value is -0.830. The molecule has 0 aromatic rings. The maximum Gasteiger partial charge on any atom is 0.303 e. The zero-order valence-corrected chi connectivity index (χ0v) is 11.4. The third-order valence-corrected chi connectivity index (χ3v) is 4.73. The third kappa shape index (κ3) is 2.77. The minimum absolute atomic E-state index is 0.276. The summed E-state index contributed by atoms with van der Waals surface area (Å²) in [7, 11) is 0. The molecule has 0 amide bonds. The van der Waals surface area contributed by atoms with Crippen LogP contribution in [0.2, 0.25) is 0 Å². The van der Waals surface area contributed by atoms with Gasteiger partial charge in [-0.1, -0.05) is 26.0 Å². The molecule has 1 aliphatic carbocycles. The van der Waals surface area contributed by atoms with Gasteiger partial charge >= 0.3 is 5.97 Å². The lowest BCUT2D eigenvalue weighted by atomic mass is 9.75. The van der Waals surface area contributed by atoms with E-state index in [-0.39, 0.29) is 6.42 Å². The van der Waals surface area contributed by atoms with Gasteiger partial charge in [0.15, 0.2) is 0 Å². The Balaban J connectivity index is 1.73. The Kier molecular flexibility index (Phi) is 4.10. The van der Waals surface area contributed by atoms with E-state index in [1.807, 2.05) is 0 Å². The molecule has 4 unspecified atom stereocenters. The maximum absolute atomic E-state index is 10.4. The van der Waals surface area contributed by atoms with Crippen LogP contribution in [0.25, 0.3) is 0 Å². The Labute approximate surface area is 109 Å². The van der Waals surface area contributed by atoms with Crippen LogP contribution in [0, 0.1) is 17.3 Å². The van der Waals surface area contributed by atoms with Crippen molar-refractivity contribution in [2.24, 2.45) is 17.3 Å². The quantitative estimate of drug-likeness (QED) is 0.583. The molecule has 2 rings (SSSR count). The highest BCUT2D eigenvalue weighted by Gasteiger charge is 2.53. The minimum atomic E-state index is -0.699. The highest BCUT2D eigenvalue weighted by molar-refractivity contribution is 5.66. The van der Waals surface area contributed by atoms with Crippen LogP contribution < -0.4 is 0 Å². The Bertz CT molecular complexity index is 337. The Morgan fingerprint density at radius 2 is 2.28 bits per heavy atom. The number of allylic oxidation sites excluding steroid dienone is 2. The molecule has 102 valence electrons. The first kappa shape index (κ1) is 13.6. The predicted octanol–water partition coefficient (Wildman–Crippen LogP) is 3.25. The van der Waals surface area contributed by atoms with Gasteiger partial charge in [-0.05, 0) is 42.9 Å². The van der Waals surface area contributed by atoms with Crippen LogP contribution in [-0.2, 0) is 9.53 Å².